The minimum Gasteiger partial charge on any atom is -0.343 e. The molecule has 1 aliphatic rings. The van der Waals surface area contributed by atoms with Gasteiger partial charge in [0.2, 0.25) is 15.9 Å². The van der Waals surface area contributed by atoms with Gasteiger partial charge in [0.15, 0.2) is 0 Å². The van der Waals surface area contributed by atoms with Crippen molar-refractivity contribution >= 4 is 37.5 Å². The average Bonchev–Trinajstić information content (AvgIpc) is 3.11. The molecule has 2 heterocycles. The zero-order valence-corrected chi connectivity index (χ0v) is 19.7. The first-order chi connectivity index (χ1) is 15.3. The number of sulfonamides is 1. The van der Waals surface area contributed by atoms with E-state index in [4.69, 9.17) is 0 Å². The highest BCUT2D eigenvalue weighted by atomic mass is 32.2. The Balaban J connectivity index is 1.47. The van der Waals surface area contributed by atoms with E-state index in [0.29, 0.717) is 16.8 Å². The molecule has 1 fully saturated rings. The molecule has 9 heteroatoms. The number of amides is 1. The second kappa shape index (κ2) is 9.56. The molecule has 0 aliphatic carbocycles. The van der Waals surface area contributed by atoms with Crippen molar-refractivity contribution in [1.82, 2.24) is 14.2 Å². The van der Waals surface area contributed by atoms with Crippen LogP contribution in [0.25, 0.3) is 10.2 Å². The molecule has 170 valence electrons. The molecule has 4 rings (SSSR count). The molecule has 0 radical (unpaired) electrons. The van der Waals surface area contributed by atoms with Gasteiger partial charge in [-0.25, -0.2) is 13.1 Å². The van der Waals surface area contributed by atoms with E-state index in [1.807, 2.05) is 36.1 Å². The van der Waals surface area contributed by atoms with Gasteiger partial charge in [-0.15, -0.1) is 0 Å². The minimum atomic E-state index is -3.72. The first-order valence-corrected chi connectivity index (χ1v) is 13.1. The molecule has 0 spiro atoms. The summed E-state index contributed by atoms with van der Waals surface area (Å²) >= 11 is 1.00. The van der Waals surface area contributed by atoms with Crippen LogP contribution >= 0.6 is 11.3 Å². The van der Waals surface area contributed by atoms with E-state index in [-0.39, 0.29) is 28.6 Å². The Labute approximate surface area is 191 Å². The lowest BCUT2D eigenvalue weighted by atomic mass is 10.1. The summed E-state index contributed by atoms with van der Waals surface area (Å²) in [5.41, 5.74) is 2.64. The van der Waals surface area contributed by atoms with Gasteiger partial charge in [0.25, 0.3) is 0 Å². The second-order valence-corrected chi connectivity index (χ2v) is 10.9. The van der Waals surface area contributed by atoms with E-state index in [9.17, 15) is 18.0 Å². The van der Waals surface area contributed by atoms with Crippen molar-refractivity contribution in [3.8, 4) is 0 Å². The zero-order valence-electron chi connectivity index (χ0n) is 18.0. The predicted octanol–water partition coefficient (Wildman–Crippen LogP) is 3.25. The molecule has 1 aromatic heterocycles. The van der Waals surface area contributed by atoms with Crippen LogP contribution in [0.4, 0.5) is 0 Å². The fourth-order valence-corrected chi connectivity index (χ4v) is 5.98. The van der Waals surface area contributed by atoms with Crippen LogP contribution in [-0.2, 0) is 27.9 Å². The zero-order chi connectivity index (χ0) is 22.7. The highest BCUT2D eigenvalue weighted by molar-refractivity contribution is 7.89. The summed E-state index contributed by atoms with van der Waals surface area (Å²) in [7, 11) is -3.72. The summed E-state index contributed by atoms with van der Waals surface area (Å²) in [6.45, 7) is 4.04. The highest BCUT2D eigenvalue weighted by Gasteiger charge is 2.19. The maximum Gasteiger partial charge on any atom is 0.308 e. The van der Waals surface area contributed by atoms with Gasteiger partial charge < -0.3 is 4.90 Å². The maximum atomic E-state index is 12.8. The van der Waals surface area contributed by atoms with E-state index >= 15 is 0 Å². The van der Waals surface area contributed by atoms with Gasteiger partial charge in [0.1, 0.15) is 0 Å². The van der Waals surface area contributed by atoms with Crippen LogP contribution < -0.4 is 9.60 Å². The number of carbonyl (C=O) groups excluding carboxylic acids is 1. The van der Waals surface area contributed by atoms with Gasteiger partial charge in [0, 0.05) is 32.6 Å². The van der Waals surface area contributed by atoms with Gasteiger partial charge in [-0.05, 0) is 49.9 Å². The van der Waals surface area contributed by atoms with E-state index < -0.39 is 10.0 Å². The molecule has 1 amide bonds. The molecule has 2 aromatic carbocycles. The van der Waals surface area contributed by atoms with Gasteiger partial charge in [0.05, 0.1) is 15.1 Å². The molecule has 7 nitrogen and oxygen atoms in total. The third-order valence-corrected chi connectivity index (χ3v) is 8.14. The molecule has 1 aliphatic heterocycles. The predicted molar refractivity (Wildman–Crippen MR) is 126 cm³/mol. The van der Waals surface area contributed by atoms with E-state index in [1.165, 1.54) is 12.1 Å². The first-order valence-electron chi connectivity index (χ1n) is 10.8. The van der Waals surface area contributed by atoms with Crippen molar-refractivity contribution in [3.05, 3.63) is 63.3 Å². The Hall–Kier alpha value is -2.49. The topological polar surface area (TPSA) is 88.5 Å². The normalized spacial score (nSPS) is 14.7. The van der Waals surface area contributed by atoms with E-state index in [2.05, 4.69) is 4.72 Å². The first kappa shape index (κ1) is 22.7. The number of likely N-dealkylation sites (tertiary alicyclic amines) is 1. The number of hydrogen-bond donors (Lipinski definition) is 1. The largest absolute Gasteiger partial charge is 0.343 e. The molecule has 0 saturated carbocycles. The number of carbonyl (C=O) groups is 1. The van der Waals surface area contributed by atoms with Gasteiger partial charge in [-0.3, -0.25) is 14.2 Å². The van der Waals surface area contributed by atoms with E-state index in [0.717, 1.165) is 54.8 Å². The van der Waals surface area contributed by atoms with Crippen molar-refractivity contribution < 1.29 is 13.2 Å². The molecule has 3 aromatic rings. The lowest BCUT2D eigenvalue weighted by molar-refractivity contribution is -0.132. The summed E-state index contributed by atoms with van der Waals surface area (Å²) < 4.78 is 30.3. The van der Waals surface area contributed by atoms with Crippen LogP contribution in [-0.4, -0.2) is 36.9 Å². The molecule has 0 atom stereocenters. The van der Waals surface area contributed by atoms with Crippen LogP contribution in [0.5, 0.6) is 0 Å². The number of thiazole rings is 1. The van der Waals surface area contributed by atoms with Crippen LogP contribution in [0.3, 0.4) is 0 Å². The van der Waals surface area contributed by atoms with Gasteiger partial charge in [-0.1, -0.05) is 41.2 Å². The average molecular weight is 474 g/mol. The van der Waals surface area contributed by atoms with Crippen molar-refractivity contribution in [2.24, 2.45) is 0 Å². The van der Waals surface area contributed by atoms with Crippen molar-refractivity contribution in [2.45, 2.75) is 50.6 Å². The number of aryl methyl sites for hydroxylation is 2. The van der Waals surface area contributed by atoms with Crippen LogP contribution in [0.2, 0.25) is 0 Å². The quantitative estimate of drug-likeness (QED) is 0.571. The number of nitrogens with zero attached hydrogens (tertiary/aromatic N) is 2. The van der Waals surface area contributed by atoms with Gasteiger partial charge >= 0.3 is 4.87 Å². The number of aromatic nitrogens is 1. The molecule has 1 saturated heterocycles. The summed E-state index contributed by atoms with van der Waals surface area (Å²) in [6, 6.07) is 12.3. The maximum absolute atomic E-state index is 12.8. The number of rotatable bonds is 7. The Morgan fingerprint density at radius 1 is 1.06 bits per heavy atom. The molecule has 1 N–H and O–H groups in total. The summed E-state index contributed by atoms with van der Waals surface area (Å²) in [5, 5.41) is 0. The third kappa shape index (κ3) is 5.11. The van der Waals surface area contributed by atoms with Crippen LogP contribution in [0.1, 0.15) is 36.8 Å². The number of fused-ring (bicyclic) bond motifs is 1. The number of benzene rings is 2. The summed E-state index contributed by atoms with van der Waals surface area (Å²) in [4.78, 5) is 26.8. The lowest BCUT2D eigenvalue weighted by Gasteiger charge is -2.26. The number of piperidine rings is 1. The standard InChI is InChI=1S/C23H27N3O4S2/c1-17-5-7-18(8-6-17)16-24-32(29,30)19-9-10-20-21(15-19)31-23(28)26(20)14-11-22(27)25-12-3-2-4-13-25/h5-10,15,24H,2-4,11-14,16H2,1H3. The number of nitrogens with one attached hydrogen (secondary N) is 1. The summed E-state index contributed by atoms with van der Waals surface area (Å²) in [6.07, 6.45) is 3.48. The molecular weight excluding hydrogens is 446 g/mol. The van der Waals surface area contributed by atoms with Crippen LogP contribution in [0, 0.1) is 6.92 Å². The molecule has 32 heavy (non-hydrogen) atoms. The Morgan fingerprint density at radius 2 is 1.78 bits per heavy atom. The molecule has 0 unspecified atom stereocenters. The monoisotopic (exact) mass is 473 g/mol. The lowest BCUT2D eigenvalue weighted by Crippen LogP contribution is -2.36. The van der Waals surface area contributed by atoms with E-state index in [1.54, 1.807) is 10.6 Å². The number of hydrogen-bond acceptors (Lipinski definition) is 5. The van der Waals surface area contributed by atoms with Crippen LogP contribution in [0.15, 0.2) is 52.2 Å². The van der Waals surface area contributed by atoms with Crippen molar-refractivity contribution in [1.29, 1.82) is 0 Å². The fraction of sp³-hybridized carbons (Fsp3) is 0.391. The second-order valence-electron chi connectivity index (χ2n) is 8.15. The Bertz CT molecular complexity index is 1270. The SMILES string of the molecule is Cc1ccc(CNS(=O)(=O)c2ccc3c(c2)sc(=O)n3CCC(=O)N2CCCCC2)cc1. The smallest absolute Gasteiger partial charge is 0.308 e. The molecule has 0 bridgehead atoms. The fourth-order valence-electron chi connectivity index (χ4n) is 3.90. The summed E-state index contributed by atoms with van der Waals surface area (Å²) in [5.74, 6) is 0.0652. The third-order valence-electron chi connectivity index (χ3n) is 5.79. The highest BCUT2D eigenvalue weighted by Crippen LogP contribution is 2.22. The van der Waals surface area contributed by atoms with Crippen molar-refractivity contribution in [2.75, 3.05) is 13.1 Å². The Morgan fingerprint density at radius 3 is 2.50 bits per heavy atom. The molecular formula is C23H27N3O4S2. The van der Waals surface area contributed by atoms with Gasteiger partial charge in [-0.2, -0.15) is 0 Å². The van der Waals surface area contributed by atoms with Crippen molar-refractivity contribution in [3.63, 3.8) is 0 Å². The minimum absolute atomic E-state index is 0.0652. The Kier molecular flexibility index (Phi) is 6.78.